The Morgan fingerprint density at radius 3 is 2.31 bits per heavy atom. The molecule has 45 heavy (non-hydrogen) atoms. The summed E-state index contributed by atoms with van der Waals surface area (Å²) in [6.45, 7) is 13.3. The van der Waals surface area contributed by atoms with Crippen molar-refractivity contribution in [1.82, 2.24) is 33.6 Å². The summed E-state index contributed by atoms with van der Waals surface area (Å²) in [5.41, 5.74) is 5.06. The zero-order chi connectivity index (χ0) is 31.9. The topological polar surface area (TPSA) is 92.1 Å². The molecular formula is C34H38FN7O3. The summed E-state index contributed by atoms with van der Waals surface area (Å²) in [5.74, 6) is 0.236. The first-order valence-electron chi connectivity index (χ1n) is 15.5. The summed E-state index contributed by atoms with van der Waals surface area (Å²) in [4.78, 5) is 29.3. The van der Waals surface area contributed by atoms with Gasteiger partial charge in [0.05, 0.1) is 40.9 Å². The molecule has 2 aromatic carbocycles. The number of rotatable bonds is 4. The number of imidazole rings is 1. The number of hydrogen-bond donors (Lipinski definition) is 0. The van der Waals surface area contributed by atoms with Crippen molar-refractivity contribution in [2.75, 3.05) is 6.54 Å². The molecule has 1 aliphatic carbocycles. The largest absolute Gasteiger partial charge is 0.444 e. The van der Waals surface area contributed by atoms with Crippen molar-refractivity contribution in [3.05, 3.63) is 87.1 Å². The Morgan fingerprint density at radius 1 is 0.978 bits per heavy atom. The summed E-state index contributed by atoms with van der Waals surface area (Å²) in [5, 5.41) is 10.6. The molecule has 0 radical (unpaired) electrons. The van der Waals surface area contributed by atoms with E-state index < -0.39 is 17.7 Å². The molecule has 1 atom stereocenters. The molecule has 1 aliphatic heterocycles. The van der Waals surface area contributed by atoms with Gasteiger partial charge < -0.3 is 9.64 Å². The highest BCUT2D eigenvalue weighted by Crippen LogP contribution is 2.39. The van der Waals surface area contributed by atoms with Crippen LogP contribution in [0.1, 0.15) is 80.6 Å². The van der Waals surface area contributed by atoms with Gasteiger partial charge in [0.25, 0.3) is 0 Å². The van der Waals surface area contributed by atoms with Crippen LogP contribution in [0.3, 0.4) is 0 Å². The Morgan fingerprint density at radius 2 is 1.64 bits per heavy atom. The quantitative estimate of drug-likeness (QED) is 0.234. The van der Waals surface area contributed by atoms with E-state index in [1.165, 1.54) is 0 Å². The number of nitrogens with zero attached hydrogens (tertiary/aromatic N) is 7. The fraction of sp³-hybridized carbons (Fsp3) is 0.412. The zero-order valence-corrected chi connectivity index (χ0v) is 26.8. The lowest BCUT2D eigenvalue weighted by Crippen LogP contribution is -2.42. The van der Waals surface area contributed by atoms with Crippen molar-refractivity contribution in [2.24, 2.45) is 0 Å². The van der Waals surface area contributed by atoms with Gasteiger partial charge in [-0.25, -0.2) is 18.7 Å². The van der Waals surface area contributed by atoms with E-state index in [2.05, 4.69) is 9.78 Å². The van der Waals surface area contributed by atoms with Gasteiger partial charge in [-0.05, 0) is 102 Å². The van der Waals surface area contributed by atoms with E-state index in [1.54, 1.807) is 57.1 Å². The van der Waals surface area contributed by atoms with Crippen molar-refractivity contribution in [3.63, 3.8) is 0 Å². The SMILES string of the molecule is Cc1cc(-n2nc3c(c2-n2ccn(-c4cc(C)c5c(cnn5C5CC5)c4)c2=O)[C@H](C)N(C(=O)OC(C)(C)C)CC3)cc(C)c1F. The molecule has 0 unspecified atom stereocenters. The molecule has 0 spiro atoms. The second-order valence-electron chi connectivity index (χ2n) is 13.4. The molecule has 1 amide bonds. The predicted octanol–water partition coefficient (Wildman–Crippen LogP) is 6.42. The highest BCUT2D eigenvalue weighted by molar-refractivity contribution is 5.84. The highest BCUT2D eigenvalue weighted by Gasteiger charge is 2.37. The average Bonchev–Trinajstić information content (AvgIpc) is 3.42. The maximum atomic E-state index is 14.7. The maximum Gasteiger partial charge on any atom is 0.410 e. The Labute approximate surface area is 260 Å². The van der Waals surface area contributed by atoms with Crippen LogP contribution in [0.4, 0.5) is 9.18 Å². The molecule has 0 bridgehead atoms. The summed E-state index contributed by atoms with van der Waals surface area (Å²) in [6, 6.07) is 7.49. The molecule has 1 fully saturated rings. The summed E-state index contributed by atoms with van der Waals surface area (Å²) in [6.07, 6.45) is 7.67. The Kier molecular flexibility index (Phi) is 6.58. The molecule has 0 saturated heterocycles. The van der Waals surface area contributed by atoms with Crippen LogP contribution in [0.2, 0.25) is 0 Å². The lowest BCUT2D eigenvalue weighted by Gasteiger charge is -2.34. The van der Waals surface area contributed by atoms with E-state index >= 15 is 0 Å². The number of ether oxygens (including phenoxy) is 1. The molecule has 4 heterocycles. The number of aromatic nitrogens is 6. The third-order valence-corrected chi connectivity index (χ3v) is 8.78. The van der Waals surface area contributed by atoms with E-state index in [9.17, 15) is 14.0 Å². The molecule has 1 saturated carbocycles. The third kappa shape index (κ3) is 4.85. The second-order valence-corrected chi connectivity index (χ2v) is 13.4. The lowest BCUT2D eigenvalue weighted by molar-refractivity contribution is 0.0159. The number of halogens is 1. The van der Waals surface area contributed by atoms with E-state index in [4.69, 9.17) is 9.84 Å². The van der Waals surface area contributed by atoms with Gasteiger partial charge in [0.2, 0.25) is 0 Å². The number of carbonyl (C=O) groups is 1. The van der Waals surface area contributed by atoms with Gasteiger partial charge in [-0.3, -0.25) is 13.8 Å². The molecule has 11 heteroatoms. The van der Waals surface area contributed by atoms with Crippen molar-refractivity contribution < 1.29 is 13.9 Å². The molecule has 234 valence electrons. The number of amides is 1. The minimum absolute atomic E-state index is 0.277. The fourth-order valence-electron chi connectivity index (χ4n) is 6.53. The van der Waals surface area contributed by atoms with Crippen molar-refractivity contribution in [1.29, 1.82) is 0 Å². The van der Waals surface area contributed by atoms with Crippen LogP contribution in [-0.2, 0) is 11.2 Å². The lowest BCUT2D eigenvalue weighted by atomic mass is 10.00. The van der Waals surface area contributed by atoms with Crippen molar-refractivity contribution in [2.45, 2.75) is 85.4 Å². The normalized spacial score (nSPS) is 16.8. The van der Waals surface area contributed by atoms with Crippen LogP contribution in [-0.4, -0.2) is 51.8 Å². The van der Waals surface area contributed by atoms with E-state index in [0.717, 1.165) is 46.3 Å². The van der Waals surface area contributed by atoms with Gasteiger partial charge in [-0.1, -0.05) is 0 Å². The predicted molar refractivity (Wildman–Crippen MR) is 169 cm³/mol. The second kappa shape index (κ2) is 10.2. The number of aryl methyl sites for hydroxylation is 3. The van der Waals surface area contributed by atoms with E-state index in [1.807, 2.05) is 52.9 Å². The van der Waals surface area contributed by atoms with Crippen molar-refractivity contribution >= 4 is 17.0 Å². The number of benzene rings is 2. The molecule has 0 N–H and O–H groups in total. The average molecular weight is 612 g/mol. The standard InChI is InChI=1S/C34H38FN7O3/c1-19-14-26(15-20(2)29(19)35)42-31(28-22(4)38(11-10-27(28)37-42)33(44)45-34(5,6)7)40-13-12-39(32(40)43)25-16-21(3)30-23(17-25)18-36-41(30)24-8-9-24/h12-18,22,24H,8-11H2,1-7H3/t22-/m0/s1. The minimum atomic E-state index is -0.657. The Balaban J connectivity index is 1.39. The number of carbonyl (C=O) groups excluding carboxylic acids is 1. The minimum Gasteiger partial charge on any atom is -0.444 e. The van der Waals surface area contributed by atoms with Gasteiger partial charge in [-0.2, -0.15) is 10.2 Å². The number of hydrogen-bond acceptors (Lipinski definition) is 5. The molecule has 5 aromatic rings. The fourth-order valence-corrected chi connectivity index (χ4v) is 6.53. The van der Waals surface area contributed by atoms with Crippen molar-refractivity contribution in [3.8, 4) is 17.2 Å². The smallest absolute Gasteiger partial charge is 0.410 e. The number of fused-ring (bicyclic) bond motifs is 2. The van der Waals surface area contributed by atoms with E-state index in [0.29, 0.717) is 41.6 Å². The maximum absolute atomic E-state index is 14.7. The summed E-state index contributed by atoms with van der Waals surface area (Å²) in [7, 11) is 0. The van der Waals surface area contributed by atoms with E-state index in [-0.39, 0.29) is 11.5 Å². The zero-order valence-electron chi connectivity index (χ0n) is 26.8. The van der Waals surface area contributed by atoms with Crippen LogP contribution in [0, 0.1) is 26.6 Å². The van der Waals surface area contributed by atoms with Gasteiger partial charge in [-0.15, -0.1) is 0 Å². The highest BCUT2D eigenvalue weighted by atomic mass is 19.1. The first-order valence-corrected chi connectivity index (χ1v) is 15.5. The monoisotopic (exact) mass is 611 g/mol. The summed E-state index contributed by atoms with van der Waals surface area (Å²) >= 11 is 0. The molecule has 3 aromatic heterocycles. The van der Waals surface area contributed by atoms with Gasteiger partial charge >= 0.3 is 11.8 Å². The molecule has 2 aliphatic rings. The van der Waals surface area contributed by atoms with Gasteiger partial charge in [0.1, 0.15) is 17.2 Å². The van der Waals surface area contributed by atoms with Crippen LogP contribution in [0.15, 0.2) is 47.7 Å². The van der Waals surface area contributed by atoms with Crippen LogP contribution >= 0.6 is 0 Å². The van der Waals surface area contributed by atoms with Crippen LogP contribution in [0.25, 0.3) is 28.1 Å². The Hall–Kier alpha value is -4.67. The third-order valence-electron chi connectivity index (χ3n) is 8.78. The first-order chi connectivity index (χ1) is 21.3. The first kappa shape index (κ1) is 29.1. The molecular weight excluding hydrogens is 573 g/mol. The van der Waals surface area contributed by atoms with Gasteiger partial charge in [0, 0.05) is 36.3 Å². The molecule has 10 nitrogen and oxygen atoms in total. The van der Waals surface area contributed by atoms with Gasteiger partial charge in [0.15, 0.2) is 0 Å². The Bertz CT molecular complexity index is 2030. The van der Waals surface area contributed by atoms with Crippen LogP contribution < -0.4 is 5.69 Å². The molecule has 7 rings (SSSR count). The summed E-state index contributed by atoms with van der Waals surface area (Å²) < 4.78 is 27.4. The van der Waals surface area contributed by atoms with Crippen LogP contribution in [0.5, 0.6) is 0 Å².